The van der Waals surface area contributed by atoms with Crippen LogP contribution >= 0.6 is 0 Å². The molecule has 1 aromatic carbocycles. The number of methoxy groups -OCH3 is 1. The molecule has 0 aromatic heterocycles. The second-order valence-electron chi connectivity index (χ2n) is 7.10. The van der Waals surface area contributed by atoms with Gasteiger partial charge < -0.3 is 20.7 Å². The average Bonchev–Trinajstić information content (AvgIpc) is 2.61. The number of anilines is 1. The Morgan fingerprint density at radius 1 is 1.24 bits per heavy atom. The standard InChI is InChI=1S/C19H29N3O3/c1-22(2)18(24)14-7-8-16(25-3)15(11-14)21-17(23)12-19(13-20)9-5-4-6-10-19/h7-8,11H,4-6,9-10,12-13,20H2,1-3H3,(H,21,23). The van der Waals surface area contributed by atoms with Gasteiger partial charge in [-0.25, -0.2) is 0 Å². The first-order valence-electron chi connectivity index (χ1n) is 8.80. The number of amides is 2. The second kappa shape index (κ2) is 8.34. The number of carbonyl (C=O) groups excluding carboxylic acids is 2. The fourth-order valence-corrected chi connectivity index (χ4v) is 3.49. The molecule has 0 saturated heterocycles. The van der Waals surface area contributed by atoms with Crippen molar-refractivity contribution in [2.75, 3.05) is 33.1 Å². The summed E-state index contributed by atoms with van der Waals surface area (Å²) in [4.78, 5) is 26.3. The molecule has 1 saturated carbocycles. The second-order valence-corrected chi connectivity index (χ2v) is 7.10. The lowest BCUT2D eigenvalue weighted by molar-refractivity contribution is -0.118. The van der Waals surface area contributed by atoms with Crippen molar-refractivity contribution >= 4 is 17.5 Å². The maximum atomic E-state index is 12.6. The van der Waals surface area contributed by atoms with Gasteiger partial charge >= 0.3 is 0 Å². The van der Waals surface area contributed by atoms with Crippen LogP contribution in [0.15, 0.2) is 18.2 Å². The fraction of sp³-hybridized carbons (Fsp3) is 0.579. The monoisotopic (exact) mass is 347 g/mol. The largest absolute Gasteiger partial charge is 0.495 e. The molecule has 6 heteroatoms. The van der Waals surface area contributed by atoms with E-state index >= 15 is 0 Å². The number of hydrogen-bond donors (Lipinski definition) is 2. The van der Waals surface area contributed by atoms with E-state index in [1.165, 1.54) is 11.3 Å². The Balaban J connectivity index is 2.15. The molecule has 0 radical (unpaired) electrons. The van der Waals surface area contributed by atoms with Gasteiger partial charge in [-0.1, -0.05) is 19.3 Å². The third kappa shape index (κ3) is 4.72. The van der Waals surface area contributed by atoms with Gasteiger partial charge in [0.05, 0.1) is 12.8 Å². The molecule has 0 heterocycles. The first-order chi connectivity index (χ1) is 11.9. The molecule has 0 bridgehead atoms. The molecule has 2 rings (SSSR count). The van der Waals surface area contributed by atoms with E-state index in [1.54, 1.807) is 39.4 Å². The number of nitrogens with zero attached hydrogens (tertiary/aromatic N) is 1. The highest BCUT2D eigenvalue weighted by Crippen LogP contribution is 2.39. The summed E-state index contributed by atoms with van der Waals surface area (Å²) < 4.78 is 5.32. The molecule has 1 aliphatic carbocycles. The molecule has 6 nitrogen and oxygen atoms in total. The van der Waals surface area contributed by atoms with Crippen LogP contribution in [0.5, 0.6) is 5.75 Å². The lowest BCUT2D eigenvalue weighted by Crippen LogP contribution is -2.36. The average molecular weight is 347 g/mol. The molecule has 1 aromatic rings. The van der Waals surface area contributed by atoms with Gasteiger partial charge in [-0.15, -0.1) is 0 Å². The van der Waals surface area contributed by atoms with Crippen molar-refractivity contribution in [3.63, 3.8) is 0 Å². The molecule has 0 unspecified atom stereocenters. The van der Waals surface area contributed by atoms with E-state index in [4.69, 9.17) is 10.5 Å². The van der Waals surface area contributed by atoms with Gasteiger partial charge in [0.15, 0.2) is 0 Å². The van der Waals surface area contributed by atoms with E-state index < -0.39 is 0 Å². The summed E-state index contributed by atoms with van der Waals surface area (Å²) in [7, 11) is 4.93. The minimum absolute atomic E-state index is 0.0832. The topological polar surface area (TPSA) is 84.7 Å². The highest BCUT2D eigenvalue weighted by atomic mass is 16.5. The third-order valence-corrected chi connectivity index (χ3v) is 5.01. The lowest BCUT2D eigenvalue weighted by Gasteiger charge is -2.35. The number of carbonyl (C=O) groups is 2. The Morgan fingerprint density at radius 3 is 2.48 bits per heavy atom. The number of benzene rings is 1. The molecule has 1 fully saturated rings. The van der Waals surface area contributed by atoms with Crippen molar-refractivity contribution in [1.29, 1.82) is 0 Å². The predicted molar refractivity (Wildman–Crippen MR) is 98.8 cm³/mol. The van der Waals surface area contributed by atoms with Crippen LogP contribution in [0.2, 0.25) is 0 Å². The molecule has 1 aliphatic rings. The van der Waals surface area contributed by atoms with Crippen LogP contribution in [0.25, 0.3) is 0 Å². The molecule has 0 spiro atoms. The number of nitrogens with one attached hydrogen (secondary N) is 1. The number of rotatable bonds is 6. The quantitative estimate of drug-likeness (QED) is 0.828. The molecule has 0 atom stereocenters. The van der Waals surface area contributed by atoms with E-state index in [0.717, 1.165) is 25.7 Å². The van der Waals surface area contributed by atoms with Crippen molar-refractivity contribution < 1.29 is 14.3 Å². The molecular weight excluding hydrogens is 318 g/mol. The van der Waals surface area contributed by atoms with Crippen LogP contribution in [0.4, 0.5) is 5.69 Å². The van der Waals surface area contributed by atoms with Crippen LogP contribution in [-0.2, 0) is 4.79 Å². The summed E-state index contributed by atoms with van der Waals surface area (Å²) in [5.74, 6) is 0.332. The Bertz CT molecular complexity index is 622. The minimum Gasteiger partial charge on any atom is -0.495 e. The van der Waals surface area contributed by atoms with Gasteiger partial charge in [-0.2, -0.15) is 0 Å². The molecular formula is C19H29N3O3. The first kappa shape index (κ1) is 19.2. The van der Waals surface area contributed by atoms with E-state index in [2.05, 4.69) is 5.32 Å². The smallest absolute Gasteiger partial charge is 0.253 e. The Labute approximate surface area is 149 Å². The molecule has 2 amide bonds. The van der Waals surface area contributed by atoms with Gasteiger partial charge in [0.2, 0.25) is 5.91 Å². The zero-order valence-electron chi connectivity index (χ0n) is 15.4. The maximum absolute atomic E-state index is 12.6. The predicted octanol–water partition coefficient (Wildman–Crippen LogP) is 2.63. The summed E-state index contributed by atoms with van der Waals surface area (Å²) >= 11 is 0. The normalized spacial score (nSPS) is 16.2. The van der Waals surface area contributed by atoms with Gasteiger partial charge in [0.25, 0.3) is 5.91 Å². The van der Waals surface area contributed by atoms with Gasteiger partial charge in [-0.05, 0) is 43.0 Å². The Morgan fingerprint density at radius 2 is 1.92 bits per heavy atom. The zero-order valence-corrected chi connectivity index (χ0v) is 15.4. The van der Waals surface area contributed by atoms with Crippen molar-refractivity contribution in [2.24, 2.45) is 11.1 Å². The molecule has 3 N–H and O–H groups in total. The van der Waals surface area contributed by atoms with Gasteiger partial charge in [0, 0.05) is 26.1 Å². The summed E-state index contributed by atoms with van der Waals surface area (Å²) in [6, 6.07) is 5.06. The van der Waals surface area contributed by atoms with Crippen molar-refractivity contribution in [3.05, 3.63) is 23.8 Å². The highest BCUT2D eigenvalue weighted by molar-refractivity contribution is 5.98. The Kier molecular flexibility index (Phi) is 6.42. The van der Waals surface area contributed by atoms with E-state index in [-0.39, 0.29) is 17.2 Å². The van der Waals surface area contributed by atoms with Crippen molar-refractivity contribution in [3.8, 4) is 5.75 Å². The van der Waals surface area contributed by atoms with Crippen LogP contribution in [0, 0.1) is 5.41 Å². The zero-order chi connectivity index (χ0) is 18.4. The maximum Gasteiger partial charge on any atom is 0.253 e. The SMILES string of the molecule is COc1ccc(C(=O)N(C)C)cc1NC(=O)CC1(CN)CCCCC1. The summed E-state index contributed by atoms with van der Waals surface area (Å²) in [6.07, 6.45) is 5.85. The fourth-order valence-electron chi connectivity index (χ4n) is 3.49. The van der Waals surface area contributed by atoms with E-state index in [9.17, 15) is 9.59 Å². The van der Waals surface area contributed by atoms with Crippen molar-refractivity contribution in [1.82, 2.24) is 4.90 Å². The molecule has 138 valence electrons. The number of nitrogens with two attached hydrogens (primary N) is 1. The summed E-state index contributed by atoms with van der Waals surface area (Å²) in [6.45, 7) is 0.525. The first-order valence-corrected chi connectivity index (χ1v) is 8.80. The summed E-state index contributed by atoms with van der Waals surface area (Å²) in [5.41, 5.74) is 6.90. The minimum atomic E-state index is -0.121. The van der Waals surface area contributed by atoms with Gasteiger partial charge in [-0.3, -0.25) is 9.59 Å². The van der Waals surface area contributed by atoms with Crippen LogP contribution < -0.4 is 15.8 Å². The van der Waals surface area contributed by atoms with Gasteiger partial charge in [0.1, 0.15) is 5.75 Å². The lowest BCUT2D eigenvalue weighted by atomic mass is 9.71. The van der Waals surface area contributed by atoms with Crippen LogP contribution in [0.3, 0.4) is 0 Å². The number of ether oxygens (including phenoxy) is 1. The third-order valence-electron chi connectivity index (χ3n) is 5.01. The van der Waals surface area contributed by atoms with Crippen LogP contribution in [0.1, 0.15) is 48.9 Å². The molecule has 25 heavy (non-hydrogen) atoms. The van der Waals surface area contributed by atoms with Crippen LogP contribution in [-0.4, -0.2) is 44.5 Å². The number of hydrogen-bond acceptors (Lipinski definition) is 4. The van der Waals surface area contributed by atoms with E-state index in [0.29, 0.717) is 30.0 Å². The Hall–Kier alpha value is -2.08. The highest BCUT2D eigenvalue weighted by Gasteiger charge is 2.33. The molecule has 0 aliphatic heterocycles. The van der Waals surface area contributed by atoms with E-state index in [1.807, 2.05) is 0 Å². The van der Waals surface area contributed by atoms with Crippen molar-refractivity contribution in [2.45, 2.75) is 38.5 Å². The summed E-state index contributed by atoms with van der Waals surface area (Å²) in [5, 5.41) is 2.91.